The second-order valence-corrected chi connectivity index (χ2v) is 7.10. The van der Waals surface area contributed by atoms with Crippen molar-refractivity contribution in [1.82, 2.24) is 15.8 Å². The fraction of sp³-hybridized carbons (Fsp3) is 0.238. The highest BCUT2D eigenvalue weighted by molar-refractivity contribution is 5.93. The van der Waals surface area contributed by atoms with Crippen LogP contribution in [-0.4, -0.2) is 45.9 Å². The standard InChI is InChI=1S/C21H20N4O6.H2O/c26-14-9-17(27)20(18(10-14)30-15-3-1-13(24-29)2-4-15)19-11-16(25-31-19)21(28)23-12-5-7-22-8-6-12;/h1-4,9-12,22,26-27H,5-8H2,(H,23,28);1H2/p-1. The Balaban J connectivity index is 0.00000289. The number of nitrogens with one attached hydrogen (secondary N) is 2. The first-order valence-corrected chi connectivity index (χ1v) is 9.69. The zero-order valence-corrected chi connectivity index (χ0v) is 16.8. The molecule has 4 rings (SSSR count). The summed E-state index contributed by atoms with van der Waals surface area (Å²) in [5.41, 5.74) is 0.406. The largest absolute Gasteiger partial charge is 0.870 e. The molecule has 0 saturated carbocycles. The maximum absolute atomic E-state index is 12.5. The van der Waals surface area contributed by atoms with Crippen molar-refractivity contribution in [3.8, 4) is 34.3 Å². The molecular weight excluding hydrogens is 420 g/mol. The third-order valence-electron chi connectivity index (χ3n) is 4.90. The number of nitrogens with zero attached hydrogens (tertiary/aromatic N) is 2. The second kappa shape index (κ2) is 9.90. The van der Waals surface area contributed by atoms with Crippen molar-refractivity contribution in [2.45, 2.75) is 18.9 Å². The number of aromatic nitrogens is 1. The predicted molar refractivity (Wildman–Crippen MR) is 113 cm³/mol. The molecule has 1 aliphatic heterocycles. The Bertz CT molecular complexity index is 1090. The topological polar surface area (TPSA) is 176 Å². The lowest BCUT2D eigenvalue weighted by Crippen LogP contribution is -2.42. The van der Waals surface area contributed by atoms with E-state index in [1.54, 1.807) is 0 Å². The number of hydrogen-bond acceptors (Lipinski definition) is 10. The number of carbonyl (C=O) groups excluding carboxylic acids is 1. The number of aromatic hydroxyl groups is 2. The molecule has 0 unspecified atom stereocenters. The summed E-state index contributed by atoms with van der Waals surface area (Å²) >= 11 is 0. The van der Waals surface area contributed by atoms with Gasteiger partial charge in [0, 0.05) is 24.2 Å². The van der Waals surface area contributed by atoms with E-state index in [9.17, 15) is 19.9 Å². The first-order valence-electron chi connectivity index (χ1n) is 9.69. The van der Waals surface area contributed by atoms with Gasteiger partial charge in [-0.1, -0.05) is 5.16 Å². The molecule has 1 aliphatic rings. The van der Waals surface area contributed by atoms with Crippen molar-refractivity contribution >= 4 is 11.6 Å². The van der Waals surface area contributed by atoms with Crippen LogP contribution < -0.4 is 15.4 Å². The van der Waals surface area contributed by atoms with Crippen LogP contribution in [0.15, 0.2) is 52.2 Å². The number of rotatable bonds is 6. The number of amides is 1. The lowest BCUT2D eigenvalue weighted by molar-refractivity contribution is 0.0920. The lowest BCUT2D eigenvalue weighted by atomic mass is 10.1. The lowest BCUT2D eigenvalue weighted by Gasteiger charge is -2.23. The molecular formula is C21H21N4O7-. The molecule has 1 fully saturated rings. The molecule has 0 atom stereocenters. The fourth-order valence-electron chi connectivity index (χ4n) is 3.34. The summed E-state index contributed by atoms with van der Waals surface area (Å²) in [7, 11) is 0. The molecule has 2 heterocycles. The van der Waals surface area contributed by atoms with E-state index in [4.69, 9.17) is 9.26 Å². The number of benzene rings is 2. The molecule has 2 aromatic carbocycles. The van der Waals surface area contributed by atoms with Crippen molar-refractivity contribution in [1.29, 1.82) is 0 Å². The van der Waals surface area contributed by atoms with Gasteiger partial charge >= 0.3 is 0 Å². The molecule has 3 aromatic rings. The van der Waals surface area contributed by atoms with Crippen LogP contribution in [0.3, 0.4) is 0 Å². The zero-order valence-electron chi connectivity index (χ0n) is 16.8. The van der Waals surface area contributed by atoms with Crippen LogP contribution in [0.4, 0.5) is 5.69 Å². The third-order valence-corrected chi connectivity index (χ3v) is 4.90. The maximum Gasteiger partial charge on any atom is 0.273 e. The predicted octanol–water partition coefficient (Wildman–Crippen LogP) is 3.25. The summed E-state index contributed by atoms with van der Waals surface area (Å²) in [5.74, 6) is -0.421. The van der Waals surface area contributed by atoms with Crippen LogP contribution in [0.5, 0.6) is 23.0 Å². The minimum absolute atomic E-state index is 0. The van der Waals surface area contributed by atoms with Gasteiger partial charge in [-0.05, 0) is 55.4 Å². The van der Waals surface area contributed by atoms with E-state index in [0.29, 0.717) is 5.75 Å². The number of hydrogen-bond donors (Lipinski definition) is 4. The Morgan fingerprint density at radius 1 is 1.16 bits per heavy atom. The second-order valence-electron chi connectivity index (χ2n) is 7.10. The molecule has 32 heavy (non-hydrogen) atoms. The first-order chi connectivity index (χ1) is 15.0. The van der Waals surface area contributed by atoms with E-state index in [1.807, 2.05) is 0 Å². The van der Waals surface area contributed by atoms with Crippen molar-refractivity contribution in [3.63, 3.8) is 0 Å². The molecule has 1 saturated heterocycles. The first kappa shape index (κ1) is 22.7. The van der Waals surface area contributed by atoms with Crippen molar-refractivity contribution in [2.24, 2.45) is 5.18 Å². The third kappa shape index (κ3) is 5.02. The Labute approximate surface area is 182 Å². The van der Waals surface area contributed by atoms with Crippen LogP contribution in [0.1, 0.15) is 23.3 Å². The molecule has 1 aromatic heterocycles. The number of ether oxygens (including phenoxy) is 1. The monoisotopic (exact) mass is 441 g/mol. The molecule has 168 valence electrons. The van der Waals surface area contributed by atoms with Crippen LogP contribution in [0.25, 0.3) is 11.3 Å². The van der Waals surface area contributed by atoms with Gasteiger partial charge < -0.3 is 35.6 Å². The highest BCUT2D eigenvalue weighted by Gasteiger charge is 2.23. The number of nitroso groups, excluding NO2 is 1. The van der Waals surface area contributed by atoms with Gasteiger partial charge in [0.05, 0.1) is 0 Å². The zero-order chi connectivity index (χ0) is 21.8. The number of piperidine rings is 1. The Morgan fingerprint density at radius 2 is 1.88 bits per heavy atom. The molecule has 5 N–H and O–H groups in total. The smallest absolute Gasteiger partial charge is 0.273 e. The molecule has 11 heteroatoms. The van der Waals surface area contributed by atoms with E-state index < -0.39 is 0 Å². The van der Waals surface area contributed by atoms with Crippen LogP contribution >= 0.6 is 0 Å². The van der Waals surface area contributed by atoms with Gasteiger partial charge in [-0.25, -0.2) is 0 Å². The highest BCUT2D eigenvalue weighted by atomic mass is 16.5. The van der Waals surface area contributed by atoms with Crippen molar-refractivity contribution < 1.29 is 29.7 Å². The number of phenols is 2. The summed E-state index contributed by atoms with van der Waals surface area (Å²) in [6.07, 6.45) is 1.65. The molecule has 0 spiro atoms. The van der Waals surface area contributed by atoms with Gasteiger partial charge in [-0.3, -0.25) is 4.79 Å². The van der Waals surface area contributed by atoms with Crippen LogP contribution in [0.2, 0.25) is 0 Å². The van der Waals surface area contributed by atoms with Gasteiger partial charge in [-0.15, -0.1) is 4.91 Å². The summed E-state index contributed by atoms with van der Waals surface area (Å²) in [6, 6.07) is 9.81. The average molecular weight is 441 g/mol. The Hall–Kier alpha value is -3.96. The normalized spacial score (nSPS) is 13.8. The maximum atomic E-state index is 12.5. The quantitative estimate of drug-likeness (QED) is 0.418. The molecule has 11 nitrogen and oxygen atoms in total. The molecule has 1 amide bonds. The van der Waals surface area contributed by atoms with E-state index in [2.05, 4.69) is 21.0 Å². The summed E-state index contributed by atoms with van der Waals surface area (Å²) in [4.78, 5) is 23.1. The molecule has 0 bridgehead atoms. The van der Waals surface area contributed by atoms with Crippen molar-refractivity contribution in [2.75, 3.05) is 13.1 Å². The summed E-state index contributed by atoms with van der Waals surface area (Å²) in [6.45, 7) is 1.67. The van der Waals surface area contributed by atoms with Crippen molar-refractivity contribution in [3.05, 3.63) is 53.1 Å². The van der Waals surface area contributed by atoms with Crippen LogP contribution in [-0.2, 0) is 0 Å². The molecule has 0 aliphatic carbocycles. The van der Waals surface area contributed by atoms with Crippen LogP contribution in [0, 0.1) is 4.91 Å². The summed E-state index contributed by atoms with van der Waals surface area (Å²) in [5, 5.41) is 33.1. The van der Waals surface area contributed by atoms with Gasteiger partial charge in [0.25, 0.3) is 5.91 Å². The Morgan fingerprint density at radius 3 is 2.56 bits per heavy atom. The van der Waals surface area contributed by atoms with Gasteiger partial charge in [0.15, 0.2) is 11.5 Å². The minimum atomic E-state index is -0.375. The minimum Gasteiger partial charge on any atom is -0.870 e. The summed E-state index contributed by atoms with van der Waals surface area (Å²) < 4.78 is 11.1. The van der Waals surface area contributed by atoms with Gasteiger partial charge in [-0.2, -0.15) is 0 Å². The number of phenolic OH excluding ortho intramolecular Hbond substituents is 2. The average Bonchev–Trinajstić information content (AvgIpc) is 3.24. The van der Waals surface area contributed by atoms with E-state index in [1.165, 1.54) is 36.4 Å². The van der Waals surface area contributed by atoms with Gasteiger partial charge in [0.1, 0.15) is 34.2 Å². The fourth-order valence-corrected chi connectivity index (χ4v) is 3.34. The SMILES string of the molecule is O=Nc1ccc(Oc2cc(O)cc(O)c2-c2cc(C(=O)NC3CCNCC3)no2)cc1.[OH-]. The van der Waals surface area contributed by atoms with E-state index >= 15 is 0 Å². The highest BCUT2D eigenvalue weighted by Crippen LogP contribution is 2.43. The van der Waals surface area contributed by atoms with Gasteiger partial charge in [0.2, 0.25) is 0 Å². The Kier molecular flexibility index (Phi) is 7.03. The number of carbonyl (C=O) groups is 1. The molecule has 0 radical (unpaired) electrons. The van der Waals surface area contributed by atoms with E-state index in [0.717, 1.165) is 32.0 Å². The van der Waals surface area contributed by atoms with E-state index in [-0.39, 0.29) is 57.4 Å².